The average molecular weight is 384 g/mol. The van der Waals surface area contributed by atoms with Gasteiger partial charge in [0.15, 0.2) is 5.78 Å². The van der Waals surface area contributed by atoms with E-state index >= 15 is 0 Å². The third-order valence-corrected chi connectivity index (χ3v) is 5.78. The van der Waals surface area contributed by atoms with Crippen molar-refractivity contribution in [2.24, 2.45) is 9.98 Å². The number of rotatable bonds is 2. The molecule has 0 saturated heterocycles. The number of allylic oxidation sites excluding steroid dienone is 2. The van der Waals surface area contributed by atoms with Crippen LogP contribution in [0.1, 0.15) is 20.8 Å². The third kappa shape index (κ3) is 2.53. The van der Waals surface area contributed by atoms with Crippen LogP contribution in [-0.4, -0.2) is 41.4 Å². The number of fused-ring (bicyclic) bond motifs is 3. The summed E-state index contributed by atoms with van der Waals surface area (Å²) >= 11 is 1.50. The van der Waals surface area contributed by atoms with E-state index in [0.717, 1.165) is 26.7 Å². The number of nitrogens with zero attached hydrogens (tertiary/aromatic N) is 4. The largest absolute Gasteiger partial charge is 0.347 e. The Labute approximate surface area is 166 Å². The predicted octanol–water partition coefficient (Wildman–Crippen LogP) is 4.14. The molecule has 3 aromatic rings. The second kappa shape index (κ2) is 6.35. The number of hydrogen-bond acceptors (Lipinski definition) is 6. The molecule has 1 aliphatic carbocycles. The van der Waals surface area contributed by atoms with Crippen molar-refractivity contribution in [1.82, 2.24) is 9.88 Å². The Bertz CT molecular complexity index is 1200. The maximum absolute atomic E-state index is 13.4. The molecule has 2 aromatic carbocycles. The van der Waals surface area contributed by atoms with E-state index < -0.39 is 0 Å². The van der Waals surface area contributed by atoms with Gasteiger partial charge in [-0.15, -0.1) is 11.3 Å². The second-order valence-corrected chi connectivity index (χ2v) is 7.79. The van der Waals surface area contributed by atoms with E-state index in [-0.39, 0.29) is 5.78 Å². The van der Waals surface area contributed by atoms with Gasteiger partial charge in [-0.25, -0.2) is 15.0 Å². The Hall–Kier alpha value is -3.38. The summed E-state index contributed by atoms with van der Waals surface area (Å²) < 4.78 is 0. The van der Waals surface area contributed by atoms with E-state index in [1.807, 2.05) is 73.6 Å². The molecule has 0 fully saturated rings. The van der Waals surface area contributed by atoms with Crippen molar-refractivity contribution in [3.63, 3.8) is 0 Å². The van der Waals surface area contributed by atoms with Gasteiger partial charge in [0, 0.05) is 37.0 Å². The van der Waals surface area contributed by atoms with E-state index in [1.165, 1.54) is 11.3 Å². The van der Waals surface area contributed by atoms with Crippen molar-refractivity contribution in [3.8, 4) is 10.6 Å². The molecule has 2 heterocycles. The van der Waals surface area contributed by atoms with Gasteiger partial charge >= 0.3 is 0 Å². The normalized spacial score (nSPS) is 15.1. The van der Waals surface area contributed by atoms with Crippen molar-refractivity contribution in [2.75, 3.05) is 14.1 Å². The van der Waals surface area contributed by atoms with E-state index in [1.54, 1.807) is 6.20 Å². The minimum absolute atomic E-state index is 0.0310. The summed E-state index contributed by atoms with van der Waals surface area (Å²) in [5.41, 5.74) is 4.49. The van der Waals surface area contributed by atoms with Gasteiger partial charge in [-0.2, -0.15) is 0 Å². The van der Waals surface area contributed by atoms with Gasteiger partial charge in [-0.3, -0.25) is 4.79 Å². The van der Waals surface area contributed by atoms with Gasteiger partial charge < -0.3 is 4.90 Å². The molecular weight excluding hydrogens is 368 g/mol. The Balaban J connectivity index is 1.70. The van der Waals surface area contributed by atoms with Crippen LogP contribution in [0.2, 0.25) is 0 Å². The zero-order chi connectivity index (χ0) is 19.3. The Morgan fingerprint density at radius 1 is 0.893 bits per heavy atom. The van der Waals surface area contributed by atoms with Crippen LogP contribution in [0.25, 0.3) is 16.1 Å². The lowest BCUT2D eigenvalue weighted by Gasteiger charge is -2.17. The van der Waals surface area contributed by atoms with Gasteiger partial charge in [-0.1, -0.05) is 54.6 Å². The average Bonchev–Trinajstić information content (AvgIpc) is 3.37. The van der Waals surface area contributed by atoms with Crippen LogP contribution < -0.4 is 0 Å². The van der Waals surface area contributed by atoms with Gasteiger partial charge in [0.25, 0.3) is 0 Å². The number of benzene rings is 2. The topological polar surface area (TPSA) is 57.9 Å². The highest BCUT2D eigenvalue weighted by Gasteiger charge is 2.35. The molecule has 5 rings (SSSR count). The highest BCUT2D eigenvalue weighted by atomic mass is 32.1. The van der Waals surface area contributed by atoms with Gasteiger partial charge in [-0.05, 0) is 0 Å². The smallest absolute Gasteiger partial charge is 0.226 e. The monoisotopic (exact) mass is 384 g/mol. The molecule has 1 aromatic heterocycles. The molecule has 6 heteroatoms. The summed E-state index contributed by atoms with van der Waals surface area (Å²) in [6.07, 6.45) is 1.77. The first kappa shape index (κ1) is 16.8. The van der Waals surface area contributed by atoms with Crippen molar-refractivity contribution in [3.05, 3.63) is 82.5 Å². The minimum atomic E-state index is -0.0310. The quantitative estimate of drug-likeness (QED) is 0.667. The van der Waals surface area contributed by atoms with Crippen molar-refractivity contribution in [1.29, 1.82) is 0 Å². The van der Waals surface area contributed by atoms with Crippen molar-refractivity contribution in [2.45, 2.75) is 0 Å². The standard InChI is InChI=1S/C22H16N4OS/c1-26(2)22-24-18-14-10-6-7-11-15(14)20(27)17(19(18)25-22)16-12-23-21(28-16)13-8-4-3-5-9-13/h3-12H,1-2H3. The Kier molecular flexibility index (Phi) is 3.80. The summed E-state index contributed by atoms with van der Waals surface area (Å²) in [7, 11) is 3.79. The lowest BCUT2D eigenvalue weighted by Crippen LogP contribution is -2.19. The Morgan fingerprint density at radius 2 is 1.61 bits per heavy atom. The molecular formula is C22H16N4OS. The van der Waals surface area contributed by atoms with E-state index in [0.29, 0.717) is 22.8 Å². The zero-order valence-electron chi connectivity index (χ0n) is 15.4. The fraction of sp³-hybridized carbons (Fsp3) is 0.0909. The maximum atomic E-state index is 13.4. The number of guanidine groups is 1. The van der Waals surface area contributed by atoms with Crippen LogP contribution in [0.4, 0.5) is 0 Å². The predicted molar refractivity (Wildman–Crippen MR) is 113 cm³/mol. The van der Waals surface area contributed by atoms with E-state index in [2.05, 4.69) is 9.98 Å². The van der Waals surface area contributed by atoms with Crippen molar-refractivity contribution >= 4 is 34.4 Å². The zero-order valence-corrected chi connectivity index (χ0v) is 16.2. The fourth-order valence-corrected chi connectivity index (χ4v) is 4.32. The second-order valence-electron chi connectivity index (χ2n) is 6.76. The van der Waals surface area contributed by atoms with Crippen LogP contribution in [0.15, 0.2) is 76.5 Å². The molecule has 0 saturated carbocycles. The molecule has 136 valence electrons. The van der Waals surface area contributed by atoms with Gasteiger partial charge in [0.2, 0.25) is 5.96 Å². The number of carbonyl (C=O) groups excluding carboxylic acids is 1. The van der Waals surface area contributed by atoms with Crippen LogP contribution in [0, 0.1) is 0 Å². The first-order chi connectivity index (χ1) is 13.6. The van der Waals surface area contributed by atoms with Gasteiger partial charge in [0.1, 0.15) is 16.4 Å². The summed E-state index contributed by atoms with van der Waals surface area (Å²) in [6, 6.07) is 17.6. The number of aliphatic imine (C=N–C) groups is 2. The summed E-state index contributed by atoms with van der Waals surface area (Å²) in [5.74, 6) is 0.566. The Morgan fingerprint density at radius 3 is 2.36 bits per heavy atom. The molecule has 2 aliphatic rings. The molecule has 0 atom stereocenters. The number of aromatic nitrogens is 1. The number of Topliss-reactive ketones (excluding diaryl/α,β-unsaturated/α-hetero) is 1. The highest BCUT2D eigenvalue weighted by molar-refractivity contribution is 7.16. The lowest BCUT2D eigenvalue weighted by atomic mass is 9.86. The first-order valence-corrected chi connectivity index (χ1v) is 9.70. The number of carbonyl (C=O) groups is 1. The molecule has 28 heavy (non-hydrogen) atoms. The summed E-state index contributed by atoms with van der Waals surface area (Å²) in [4.78, 5) is 29.9. The van der Waals surface area contributed by atoms with E-state index in [9.17, 15) is 4.79 Å². The number of hydrogen-bond donors (Lipinski definition) is 0. The third-order valence-electron chi connectivity index (χ3n) is 4.71. The van der Waals surface area contributed by atoms with Crippen LogP contribution in [-0.2, 0) is 0 Å². The molecule has 0 unspecified atom stereocenters. The number of thiazole rings is 1. The molecule has 5 nitrogen and oxygen atoms in total. The van der Waals surface area contributed by atoms with Crippen molar-refractivity contribution < 1.29 is 4.79 Å². The number of ketones is 1. The van der Waals surface area contributed by atoms with Crippen LogP contribution in [0.5, 0.6) is 0 Å². The lowest BCUT2D eigenvalue weighted by molar-refractivity contribution is 0.105. The molecule has 0 N–H and O–H groups in total. The van der Waals surface area contributed by atoms with E-state index in [4.69, 9.17) is 4.99 Å². The molecule has 1 aliphatic heterocycles. The van der Waals surface area contributed by atoms with Gasteiger partial charge in [0.05, 0.1) is 10.5 Å². The van der Waals surface area contributed by atoms with Crippen LogP contribution in [0.3, 0.4) is 0 Å². The molecule has 0 spiro atoms. The first-order valence-electron chi connectivity index (χ1n) is 8.88. The summed E-state index contributed by atoms with van der Waals surface area (Å²) in [5, 5.41) is 0.878. The summed E-state index contributed by atoms with van der Waals surface area (Å²) in [6.45, 7) is 0. The molecule has 0 amide bonds. The fourth-order valence-electron chi connectivity index (χ4n) is 3.36. The molecule has 0 radical (unpaired) electrons. The maximum Gasteiger partial charge on any atom is 0.226 e. The SMILES string of the molecule is CN(C)C1=NC2=C(c3cnc(-c4ccccc4)s3)C(=O)c3ccccc3C2=N1. The van der Waals surface area contributed by atoms with Crippen LogP contribution >= 0.6 is 11.3 Å². The minimum Gasteiger partial charge on any atom is -0.347 e. The molecule has 0 bridgehead atoms. The highest BCUT2D eigenvalue weighted by Crippen LogP contribution is 2.39.